The van der Waals surface area contributed by atoms with Crippen LogP contribution in [0.5, 0.6) is 5.75 Å². The monoisotopic (exact) mass is 489 g/mol. The highest BCUT2D eigenvalue weighted by Crippen LogP contribution is 2.44. The number of fused-ring (bicyclic) bond motifs is 3. The smallest absolute Gasteiger partial charge is 0.258 e. The van der Waals surface area contributed by atoms with E-state index in [-0.39, 0.29) is 24.3 Å². The van der Waals surface area contributed by atoms with E-state index in [2.05, 4.69) is 0 Å². The molecule has 3 heterocycles. The molecule has 180 valence electrons. The van der Waals surface area contributed by atoms with E-state index in [9.17, 15) is 14.4 Å². The van der Waals surface area contributed by atoms with Gasteiger partial charge in [0.1, 0.15) is 18.0 Å². The third-order valence-electron chi connectivity index (χ3n) is 6.87. The Hall–Kier alpha value is -3.65. The number of carbonyl (C=O) groups excluding carboxylic acids is 3. The standard InChI is InChI=1S/C27H27N3O4S/c1-27-14-13-24(31)30(27)22-11-5-4-10-21(22)26(33)29(27)18-25(32)28(17-20-9-7-15-35-20)16-19-8-3-6-12-23(19)34-2/h3-12,15H,13-14,16-18H2,1-2H3. The average molecular weight is 490 g/mol. The number of rotatable bonds is 7. The molecule has 2 aliphatic heterocycles. The molecule has 8 heteroatoms. The Morgan fingerprint density at radius 2 is 1.83 bits per heavy atom. The number of amides is 3. The van der Waals surface area contributed by atoms with Crippen LogP contribution in [-0.2, 0) is 22.7 Å². The van der Waals surface area contributed by atoms with Gasteiger partial charge in [-0.25, -0.2) is 0 Å². The molecule has 0 bridgehead atoms. The minimum atomic E-state index is -0.878. The Labute approximate surface area is 208 Å². The van der Waals surface area contributed by atoms with Crippen LogP contribution in [0.3, 0.4) is 0 Å². The lowest BCUT2D eigenvalue weighted by atomic mass is 9.98. The molecule has 7 nitrogen and oxygen atoms in total. The number of hydrogen-bond donors (Lipinski definition) is 0. The molecule has 2 aromatic carbocycles. The molecule has 1 fully saturated rings. The van der Waals surface area contributed by atoms with E-state index in [1.54, 1.807) is 51.3 Å². The van der Waals surface area contributed by atoms with Gasteiger partial charge < -0.3 is 14.5 Å². The predicted octanol–water partition coefficient (Wildman–Crippen LogP) is 4.28. The summed E-state index contributed by atoms with van der Waals surface area (Å²) < 4.78 is 5.51. The molecule has 5 rings (SSSR count). The Morgan fingerprint density at radius 3 is 2.60 bits per heavy atom. The first-order chi connectivity index (χ1) is 16.9. The highest BCUT2D eigenvalue weighted by Gasteiger charge is 2.53. The molecule has 1 unspecified atom stereocenters. The van der Waals surface area contributed by atoms with E-state index in [4.69, 9.17) is 4.74 Å². The van der Waals surface area contributed by atoms with E-state index < -0.39 is 5.66 Å². The fourth-order valence-electron chi connectivity index (χ4n) is 5.04. The Bertz CT molecular complexity index is 1270. The Kier molecular flexibility index (Phi) is 6.06. The molecule has 1 aromatic heterocycles. The first-order valence-electron chi connectivity index (χ1n) is 11.6. The van der Waals surface area contributed by atoms with E-state index in [1.165, 1.54) is 0 Å². The van der Waals surface area contributed by atoms with Gasteiger partial charge in [0.25, 0.3) is 5.91 Å². The highest BCUT2D eigenvalue weighted by atomic mass is 32.1. The number of hydrogen-bond acceptors (Lipinski definition) is 5. The molecule has 3 aromatic rings. The van der Waals surface area contributed by atoms with Crippen molar-refractivity contribution in [3.8, 4) is 5.75 Å². The molecule has 0 aliphatic carbocycles. The van der Waals surface area contributed by atoms with Gasteiger partial charge in [-0.3, -0.25) is 19.3 Å². The second-order valence-corrected chi connectivity index (χ2v) is 10.0. The number of thiophene rings is 1. The fraction of sp³-hybridized carbons (Fsp3) is 0.296. The molecule has 0 saturated carbocycles. The molecular weight excluding hydrogens is 462 g/mol. The van der Waals surface area contributed by atoms with Gasteiger partial charge in [0, 0.05) is 23.4 Å². The molecule has 1 saturated heterocycles. The summed E-state index contributed by atoms with van der Waals surface area (Å²) in [4.78, 5) is 46.3. The summed E-state index contributed by atoms with van der Waals surface area (Å²) >= 11 is 1.58. The van der Waals surface area contributed by atoms with Gasteiger partial charge in [0.15, 0.2) is 0 Å². The molecular formula is C27H27N3O4S. The van der Waals surface area contributed by atoms with Crippen LogP contribution in [0.15, 0.2) is 66.0 Å². The van der Waals surface area contributed by atoms with Gasteiger partial charge in [-0.2, -0.15) is 0 Å². The average Bonchev–Trinajstić information content (AvgIpc) is 3.49. The molecule has 0 radical (unpaired) electrons. The van der Waals surface area contributed by atoms with Gasteiger partial charge in [-0.1, -0.05) is 36.4 Å². The molecule has 2 aliphatic rings. The van der Waals surface area contributed by atoms with Crippen LogP contribution in [0.2, 0.25) is 0 Å². The second kappa shape index (κ2) is 9.19. The minimum Gasteiger partial charge on any atom is -0.496 e. The lowest BCUT2D eigenvalue weighted by molar-refractivity contribution is -0.134. The summed E-state index contributed by atoms with van der Waals surface area (Å²) in [5.74, 6) is 0.265. The second-order valence-electron chi connectivity index (χ2n) is 9.00. The van der Waals surface area contributed by atoms with Gasteiger partial charge in [-0.05, 0) is 43.0 Å². The summed E-state index contributed by atoms with van der Waals surface area (Å²) in [6.07, 6.45) is 0.819. The zero-order valence-electron chi connectivity index (χ0n) is 19.8. The summed E-state index contributed by atoms with van der Waals surface area (Å²) in [7, 11) is 1.61. The summed E-state index contributed by atoms with van der Waals surface area (Å²) in [5.41, 5.74) is 1.08. The molecule has 0 N–H and O–H groups in total. The summed E-state index contributed by atoms with van der Waals surface area (Å²) in [6.45, 7) is 2.53. The van der Waals surface area contributed by atoms with Crippen LogP contribution < -0.4 is 9.64 Å². The zero-order valence-corrected chi connectivity index (χ0v) is 20.6. The maximum Gasteiger partial charge on any atom is 0.258 e. The quantitative estimate of drug-likeness (QED) is 0.497. The minimum absolute atomic E-state index is 0.0330. The van der Waals surface area contributed by atoms with Crippen molar-refractivity contribution in [2.45, 2.75) is 38.5 Å². The van der Waals surface area contributed by atoms with Crippen LogP contribution in [0, 0.1) is 0 Å². The van der Waals surface area contributed by atoms with Crippen molar-refractivity contribution in [3.05, 3.63) is 82.0 Å². The maximum absolute atomic E-state index is 13.8. The lowest BCUT2D eigenvalue weighted by Crippen LogP contribution is -2.64. The van der Waals surface area contributed by atoms with E-state index >= 15 is 0 Å². The van der Waals surface area contributed by atoms with Crippen molar-refractivity contribution >= 4 is 34.7 Å². The summed E-state index contributed by atoms with van der Waals surface area (Å²) in [5, 5.41) is 1.98. The first kappa shape index (κ1) is 23.1. The SMILES string of the molecule is COc1ccccc1CN(Cc1cccs1)C(=O)CN1C(=O)c2ccccc2N2C(=O)CCC12C. The normalized spacial score (nSPS) is 18.9. The number of nitrogens with zero attached hydrogens (tertiary/aromatic N) is 3. The molecule has 0 spiro atoms. The highest BCUT2D eigenvalue weighted by molar-refractivity contribution is 7.09. The third-order valence-corrected chi connectivity index (χ3v) is 7.73. The van der Waals surface area contributed by atoms with Crippen molar-refractivity contribution in [1.82, 2.24) is 9.80 Å². The van der Waals surface area contributed by atoms with Crippen LogP contribution >= 0.6 is 11.3 Å². The van der Waals surface area contributed by atoms with E-state index in [0.29, 0.717) is 42.9 Å². The van der Waals surface area contributed by atoms with Crippen molar-refractivity contribution in [1.29, 1.82) is 0 Å². The van der Waals surface area contributed by atoms with E-state index in [0.717, 1.165) is 10.4 Å². The number of ether oxygens (including phenoxy) is 1. The topological polar surface area (TPSA) is 70.2 Å². The Morgan fingerprint density at radius 1 is 1.06 bits per heavy atom. The number of carbonyl (C=O) groups is 3. The predicted molar refractivity (Wildman–Crippen MR) is 134 cm³/mol. The van der Waals surface area contributed by atoms with Crippen molar-refractivity contribution < 1.29 is 19.1 Å². The van der Waals surface area contributed by atoms with Crippen molar-refractivity contribution in [3.63, 3.8) is 0 Å². The van der Waals surface area contributed by atoms with Crippen LogP contribution in [0.25, 0.3) is 0 Å². The van der Waals surface area contributed by atoms with Gasteiger partial charge >= 0.3 is 0 Å². The van der Waals surface area contributed by atoms with E-state index in [1.807, 2.05) is 54.8 Å². The number of methoxy groups -OCH3 is 1. The molecule has 35 heavy (non-hydrogen) atoms. The van der Waals surface area contributed by atoms with Crippen LogP contribution in [-0.4, -0.2) is 46.8 Å². The van der Waals surface area contributed by atoms with Gasteiger partial charge in [0.2, 0.25) is 11.8 Å². The largest absolute Gasteiger partial charge is 0.496 e. The Balaban J connectivity index is 1.47. The van der Waals surface area contributed by atoms with Crippen LogP contribution in [0.4, 0.5) is 5.69 Å². The lowest BCUT2D eigenvalue weighted by Gasteiger charge is -2.48. The number of anilines is 1. The van der Waals surface area contributed by atoms with Gasteiger partial charge in [0.05, 0.1) is 24.9 Å². The maximum atomic E-state index is 13.8. The molecule has 3 amide bonds. The van der Waals surface area contributed by atoms with Crippen molar-refractivity contribution in [2.75, 3.05) is 18.6 Å². The van der Waals surface area contributed by atoms with Crippen molar-refractivity contribution in [2.24, 2.45) is 0 Å². The van der Waals surface area contributed by atoms with Gasteiger partial charge in [-0.15, -0.1) is 11.3 Å². The third kappa shape index (κ3) is 4.08. The number of para-hydroxylation sites is 2. The summed E-state index contributed by atoms with van der Waals surface area (Å²) in [6, 6.07) is 18.7. The van der Waals surface area contributed by atoms with Crippen LogP contribution in [0.1, 0.15) is 40.6 Å². The number of benzene rings is 2. The zero-order chi connectivity index (χ0) is 24.6. The fourth-order valence-corrected chi connectivity index (χ4v) is 5.76. The molecule has 1 atom stereocenters. The first-order valence-corrected chi connectivity index (χ1v) is 12.5.